The summed E-state index contributed by atoms with van der Waals surface area (Å²) in [6.07, 6.45) is 3.55. The van der Waals surface area contributed by atoms with E-state index in [0.717, 1.165) is 51.4 Å². The first-order valence-electron chi connectivity index (χ1n) is 11.2. The van der Waals surface area contributed by atoms with Gasteiger partial charge in [-0.05, 0) is 31.5 Å². The maximum absolute atomic E-state index is 9.68. The number of nitrogens with zero attached hydrogens (tertiary/aromatic N) is 5. The largest absolute Gasteiger partial charge is 0.375 e. The fourth-order valence-electron chi connectivity index (χ4n) is 5.19. The number of hydrogen-bond acceptors (Lipinski definition) is 6. The second-order valence-electron chi connectivity index (χ2n) is 9.31. The fourth-order valence-corrected chi connectivity index (χ4v) is 5.19. The molecule has 4 rings (SSSR count). The van der Waals surface area contributed by atoms with Crippen molar-refractivity contribution < 1.29 is 4.74 Å². The normalized spacial score (nSPS) is 24.5. The summed E-state index contributed by atoms with van der Waals surface area (Å²) in [7, 11) is 2.10. The molecule has 2 saturated heterocycles. The van der Waals surface area contributed by atoms with E-state index in [0.29, 0.717) is 12.2 Å². The van der Waals surface area contributed by atoms with E-state index in [1.807, 2.05) is 12.1 Å². The van der Waals surface area contributed by atoms with E-state index in [-0.39, 0.29) is 11.3 Å². The van der Waals surface area contributed by atoms with E-state index in [1.165, 1.54) is 5.56 Å². The minimum Gasteiger partial charge on any atom is -0.375 e. The van der Waals surface area contributed by atoms with Gasteiger partial charge in [-0.25, -0.2) is 4.98 Å². The zero-order valence-electron chi connectivity index (χ0n) is 18.9. The Bertz CT molecular complexity index is 917. The Kier molecular flexibility index (Phi) is 6.29. The third kappa shape index (κ3) is 4.59. The van der Waals surface area contributed by atoms with Crippen molar-refractivity contribution in [1.82, 2.24) is 14.8 Å². The molecule has 3 heterocycles. The van der Waals surface area contributed by atoms with Crippen molar-refractivity contribution in [3.63, 3.8) is 0 Å². The summed E-state index contributed by atoms with van der Waals surface area (Å²) < 4.78 is 6.10. The zero-order valence-corrected chi connectivity index (χ0v) is 18.9. The number of ether oxygens (including phenoxy) is 1. The predicted molar refractivity (Wildman–Crippen MR) is 123 cm³/mol. The number of nitriles is 1. The Morgan fingerprint density at radius 2 is 1.84 bits per heavy atom. The molecule has 1 atom stereocenters. The summed E-state index contributed by atoms with van der Waals surface area (Å²) in [4.78, 5) is 12.0. The van der Waals surface area contributed by atoms with Crippen LogP contribution in [0.3, 0.4) is 0 Å². The van der Waals surface area contributed by atoms with Crippen molar-refractivity contribution in [3.05, 3.63) is 59.8 Å². The van der Waals surface area contributed by atoms with Gasteiger partial charge in [0.05, 0.1) is 23.4 Å². The van der Waals surface area contributed by atoms with Crippen molar-refractivity contribution in [2.75, 3.05) is 44.7 Å². The SMILES string of the molecule is CN(c1ncccc1C#N)C1(N2CCN(Cc3ccccc3)CC2)CCOC(C)(C)C1. The molecular weight excluding hydrogens is 386 g/mol. The van der Waals surface area contributed by atoms with Crippen LogP contribution in [0.25, 0.3) is 0 Å². The van der Waals surface area contributed by atoms with Crippen LogP contribution in [0.4, 0.5) is 5.82 Å². The van der Waals surface area contributed by atoms with E-state index in [4.69, 9.17) is 4.74 Å². The van der Waals surface area contributed by atoms with Crippen LogP contribution in [0.5, 0.6) is 0 Å². The highest BCUT2D eigenvalue weighted by atomic mass is 16.5. The number of benzene rings is 1. The van der Waals surface area contributed by atoms with Crippen LogP contribution >= 0.6 is 0 Å². The van der Waals surface area contributed by atoms with Gasteiger partial charge in [0.1, 0.15) is 11.9 Å². The van der Waals surface area contributed by atoms with Gasteiger partial charge in [-0.1, -0.05) is 30.3 Å². The molecular formula is C25H33N5O. The molecule has 0 saturated carbocycles. The number of rotatable bonds is 5. The Morgan fingerprint density at radius 1 is 1.10 bits per heavy atom. The highest BCUT2D eigenvalue weighted by molar-refractivity contribution is 5.55. The molecule has 2 aliphatic rings. The van der Waals surface area contributed by atoms with Crippen LogP contribution in [0.1, 0.15) is 37.8 Å². The summed E-state index contributed by atoms with van der Waals surface area (Å²) >= 11 is 0. The highest BCUT2D eigenvalue weighted by Crippen LogP contribution is 2.41. The summed E-state index contributed by atoms with van der Waals surface area (Å²) in [5, 5.41) is 9.68. The van der Waals surface area contributed by atoms with Gasteiger partial charge in [0.2, 0.25) is 0 Å². The van der Waals surface area contributed by atoms with Crippen LogP contribution in [-0.2, 0) is 11.3 Å². The molecule has 2 aromatic rings. The topological polar surface area (TPSA) is 55.6 Å². The summed E-state index contributed by atoms with van der Waals surface area (Å²) in [5.41, 5.74) is 1.54. The van der Waals surface area contributed by atoms with Gasteiger partial charge in [0.15, 0.2) is 0 Å². The molecule has 0 amide bonds. The lowest BCUT2D eigenvalue weighted by atomic mass is 9.84. The molecule has 0 N–H and O–H groups in total. The quantitative estimate of drug-likeness (QED) is 0.739. The lowest BCUT2D eigenvalue weighted by Crippen LogP contribution is -2.68. The number of anilines is 1. The van der Waals surface area contributed by atoms with Gasteiger partial charge in [-0.15, -0.1) is 0 Å². The molecule has 0 spiro atoms. The molecule has 2 aliphatic heterocycles. The molecule has 6 heteroatoms. The van der Waals surface area contributed by atoms with E-state index >= 15 is 0 Å². The van der Waals surface area contributed by atoms with Crippen LogP contribution < -0.4 is 4.90 Å². The maximum atomic E-state index is 9.68. The van der Waals surface area contributed by atoms with Crippen molar-refractivity contribution >= 4 is 5.82 Å². The lowest BCUT2D eigenvalue weighted by molar-refractivity contribution is -0.127. The summed E-state index contributed by atoms with van der Waals surface area (Å²) in [5.74, 6) is 0.759. The van der Waals surface area contributed by atoms with Crippen molar-refractivity contribution in [2.24, 2.45) is 0 Å². The monoisotopic (exact) mass is 419 g/mol. The number of pyridine rings is 1. The lowest BCUT2D eigenvalue weighted by Gasteiger charge is -2.57. The van der Waals surface area contributed by atoms with E-state index < -0.39 is 0 Å². The van der Waals surface area contributed by atoms with Crippen LogP contribution in [-0.4, -0.2) is 65.9 Å². The summed E-state index contributed by atoms with van der Waals surface area (Å²) in [6.45, 7) is 10.1. The van der Waals surface area contributed by atoms with E-state index in [1.54, 1.807) is 6.20 Å². The molecule has 6 nitrogen and oxygen atoms in total. The first-order valence-corrected chi connectivity index (χ1v) is 11.2. The van der Waals surface area contributed by atoms with Crippen LogP contribution in [0, 0.1) is 11.3 Å². The van der Waals surface area contributed by atoms with Crippen LogP contribution in [0.2, 0.25) is 0 Å². The first-order chi connectivity index (χ1) is 14.9. The number of aromatic nitrogens is 1. The molecule has 2 fully saturated rings. The van der Waals surface area contributed by atoms with Crippen molar-refractivity contribution in [2.45, 2.75) is 44.5 Å². The smallest absolute Gasteiger partial charge is 0.147 e. The van der Waals surface area contributed by atoms with Crippen molar-refractivity contribution in [3.8, 4) is 6.07 Å². The standard InChI is InChI=1S/C25H33N5O/c1-24(2)20-25(11-17-31-24,28(3)23-22(18-26)10-7-12-27-23)30-15-13-29(14-16-30)19-21-8-5-4-6-9-21/h4-10,12H,11,13-17,19-20H2,1-3H3. The zero-order chi connectivity index (χ0) is 21.9. The van der Waals surface area contributed by atoms with Gasteiger partial charge in [0.25, 0.3) is 0 Å². The molecule has 0 radical (unpaired) electrons. The predicted octanol–water partition coefficient (Wildman–Crippen LogP) is 3.49. The van der Waals surface area contributed by atoms with E-state index in [9.17, 15) is 5.26 Å². The van der Waals surface area contributed by atoms with Crippen molar-refractivity contribution in [1.29, 1.82) is 5.26 Å². The molecule has 164 valence electrons. The second-order valence-corrected chi connectivity index (χ2v) is 9.31. The Morgan fingerprint density at radius 3 is 2.52 bits per heavy atom. The number of hydrogen-bond donors (Lipinski definition) is 0. The van der Waals surface area contributed by atoms with E-state index in [2.05, 4.69) is 77.0 Å². The Labute approximate surface area is 186 Å². The number of piperazine rings is 1. The highest BCUT2D eigenvalue weighted by Gasteiger charge is 2.49. The van der Waals surface area contributed by atoms with Crippen LogP contribution in [0.15, 0.2) is 48.7 Å². The van der Waals surface area contributed by atoms with Gasteiger partial charge >= 0.3 is 0 Å². The van der Waals surface area contributed by atoms with Gasteiger partial charge in [-0.3, -0.25) is 9.80 Å². The molecule has 1 aromatic heterocycles. The second kappa shape index (κ2) is 8.96. The van der Waals surface area contributed by atoms with Gasteiger partial charge in [-0.2, -0.15) is 5.26 Å². The average molecular weight is 420 g/mol. The third-order valence-electron chi connectivity index (χ3n) is 6.76. The first kappa shape index (κ1) is 21.8. The third-order valence-corrected chi connectivity index (χ3v) is 6.76. The average Bonchev–Trinajstić information content (AvgIpc) is 2.79. The Hall–Kier alpha value is -2.46. The fraction of sp³-hybridized carbons (Fsp3) is 0.520. The Balaban J connectivity index is 1.57. The maximum Gasteiger partial charge on any atom is 0.147 e. The van der Waals surface area contributed by atoms with Gasteiger partial charge < -0.3 is 9.64 Å². The van der Waals surface area contributed by atoms with Gasteiger partial charge in [0, 0.05) is 58.8 Å². The molecule has 1 aromatic carbocycles. The molecule has 0 bridgehead atoms. The molecule has 1 unspecified atom stereocenters. The minimum absolute atomic E-state index is 0.222. The summed E-state index contributed by atoms with van der Waals surface area (Å²) in [6, 6.07) is 16.7. The molecule has 31 heavy (non-hydrogen) atoms. The molecule has 0 aliphatic carbocycles. The minimum atomic E-state index is -0.227.